The molecule has 3 aromatic rings. The third kappa shape index (κ3) is 2.16. The SMILES string of the molecule is Cc1ccc2cc(C(=O)c3ccncc3F)ccc2n1. The Balaban J connectivity index is 2.09. The van der Waals surface area contributed by atoms with Crippen LogP contribution in [0.25, 0.3) is 10.9 Å². The molecule has 0 saturated heterocycles. The summed E-state index contributed by atoms with van der Waals surface area (Å²) < 4.78 is 13.6. The second-order valence-electron chi connectivity index (χ2n) is 4.54. The highest BCUT2D eigenvalue weighted by molar-refractivity contribution is 6.10. The molecule has 0 fully saturated rings. The molecule has 0 aliphatic rings. The Hall–Kier alpha value is -2.62. The van der Waals surface area contributed by atoms with Crippen LogP contribution in [0.4, 0.5) is 4.39 Å². The first-order valence-electron chi connectivity index (χ1n) is 6.17. The van der Waals surface area contributed by atoms with Gasteiger partial charge in [-0.1, -0.05) is 6.07 Å². The summed E-state index contributed by atoms with van der Waals surface area (Å²) >= 11 is 0. The van der Waals surface area contributed by atoms with Crippen molar-refractivity contribution >= 4 is 16.7 Å². The Labute approximate surface area is 115 Å². The van der Waals surface area contributed by atoms with Crippen LogP contribution in [0, 0.1) is 12.7 Å². The van der Waals surface area contributed by atoms with Gasteiger partial charge in [-0.05, 0) is 37.3 Å². The molecule has 0 unspecified atom stereocenters. The van der Waals surface area contributed by atoms with Crippen LogP contribution in [0.3, 0.4) is 0 Å². The standard InChI is InChI=1S/C16H11FN2O/c1-10-2-3-11-8-12(4-5-15(11)19-10)16(20)13-6-7-18-9-14(13)17/h2-9H,1H3. The number of carbonyl (C=O) groups is 1. The summed E-state index contributed by atoms with van der Waals surface area (Å²) in [5.74, 6) is -0.966. The van der Waals surface area contributed by atoms with Crippen molar-refractivity contribution in [1.82, 2.24) is 9.97 Å². The summed E-state index contributed by atoms with van der Waals surface area (Å²) in [6, 6.07) is 10.3. The molecule has 0 amide bonds. The lowest BCUT2D eigenvalue weighted by molar-refractivity contribution is 0.103. The van der Waals surface area contributed by atoms with E-state index in [-0.39, 0.29) is 11.3 Å². The van der Waals surface area contributed by atoms with Crippen LogP contribution in [0.5, 0.6) is 0 Å². The van der Waals surface area contributed by atoms with Gasteiger partial charge in [0.2, 0.25) is 0 Å². The van der Waals surface area contributed by atoms with E-state index in [1.807, 2.05) is 19.1 Å². The fourth-order valence-electron chi connectivity index (χ4n) is 2.08. The summed E-state index contributed by atoms with van der Waals surface area (Å²) in [5.41, 5.74) is 2.20. The van der Waals surface area contributed by atoms with Crippen LogP contribution in [-0.2, 0) is 0 Å². The molecule has 0 N–H and O–H groups in total. The number of rotatable bonds is 2. The molecular weight excluding hydrogens is 255 g/mol. The van der Waals surface area contributed by atoms with Crippen LogP contribution >= 0.6 is 0 Å². The molecule has 98 valence electrons. The zero-order valence-electron chi connectivity index (χ0n) is 10.8. The van der Waals surface area contributed by atoms with Crippen LogP contribution in [0.15, 0.2) is 48.8 Å². The fourth-order valence-corrected chi connectivity index (χ4v) is 2.08. The predicted molar refractivity (Wildman–Crippen MR) is 74.1 cm³/mol. The number of carbonyl (C=O) groups excluding carboxylic acids is 1. The van der Waals surface area contributed by atoms with Crippen molar-refractivity contribution in [2.45, 2.75) is 6.92 Å². The minimum absolute atomic E-state index is 0.0272. The lowest BCUT2D eigenvalue weighted by Gasteiger charge is -2.04. The van der Waals surface area contributed by atoms with Crippen LogP contribution in [0.2, 0.25) is 0 Å². The summed E-state index contributed by atoms with van der Waals surface area (Å²) in [4.78, 5) is 20.3. The third-order valence-corrected chi connectivity index (χ3v) is 3.11. The molecule has 0 saturated carbocycles. The molecule has 0 bridgehead atoms. The van der Waals surface area contributed by atoms with Crippen molar-refractivity contribution in [3.05, 3.63) is 71.4 Å². The monoisotopic (exact) mass is 266 g/mol. The Morgan fingerprint density at radius 2 is 2.00 bits per heavy atom. The van der Waals surface area contributed by atoms with E-state index < -0.39 is 5.82 Å². The Morgan fingerprint density at radius 3 is 2.80 bits per heavy atom. The minimum Gasteiger partial charge on any atom is -0.288 e. The zero-order chi connectivity index (χ0) is 14.1. The molecule has 4 heteroatoms. The maximum Gasteiger partial charge on any atom is 0.196 e. The summed E-state index contributed by atoms with van der Waals surface area (Å²) in [6.07, 6.45) is 2.45. The Morgan fingerprint density at radius 1 is 1.15 bits per heavy atom. The quantitative estimate of drug-likeness (QED) is 0.668. The van der Waals surface area contributed by atoms with E-state index >= 15 is 0 Å². The van der Waals surface area contributed by atoms with Gasteiger partial charge in [-0.15, -0.1) is 0 Å². The van der Waals surface area contributed by atoms with E-state index in [2.05, 4.69) is 9.97 Å². The first-order chi connectivity index (χ1) is 9.65. The minimum atomic E-state index is -0.611. The molecule has 3 nitrogen and oxygen atoms in total. The van der Waals surface area contributed by atoms with Gasteiger partial charge in [0.1, 0.15) is 0 Å². The second-order valence-corrected chi connectivity index (χ2v) is 4.54. The predicted octanol–water partition coefficient (Wildman–Crippen LogP) is 3.31. The first-order valence-corrected chi connectivity index (χ1v) is 6.17. The molecule has 20 heavy (non-hydrogen) atoms. The third-order valence-electron chi connectivity index (χ3n) is 3.11. The Kier molecular flexibility index (Phi) is 2.99. The summed E-state index contributed by atoms with van der Waals surface area (Å²) in [6.45, 7) is 1.91. The molecule has 0 aliphatic heterocycles. The normalized spacial score (nSPS) is 10.7. The number of hydrogen-bond donors (Lipinski definition) is 0. The highest BCUT2D eigenvalue weighted by Gasteiger charge is 2.14. The molecule has 2 aromatic heterocycles. The Bertz CT molecular complexity index is 814. The van der Waals surface area contributed by atoms with Gasteiger partial charge in [0.05, 0.1) is 17.3 Å². The van der Waals surface area contributed by atoms with Crippen LogP contribution in [-0.4, -0.2) is 15.8 Å². The van der Waals surface area contributed by atoms with Gasteiger partial charge < -0.3 is 0 Å². The van der Waals surface area contributed by atoms with Gasteiger partial charge in [-0.2, -0.15) is 0 Å². The van der Waals surface area contributed by atoms with Crippen molar-refractivity contribution < 1.29 is 9.18 Å². The van der Waals surface area contributed by atoms with E-state index in [4.69, 9.17) is 0 Å². The molecule has 2 heterocycles. The maximum absolute atomic E-state index is 13.6. The number of fused-ring (bicyclic) bond motifs is 1. The van der Waals surface area contributed by atoms with Gasteiger partial charge in [-0.25, -0.2) is 4.39 Å². The fraction of sp³-hybridized carbons (Fsp3) is 0.0625. The molecule has 1 aromatic carbocycles. The molecule has 0 radical (unpaired) electrons. The number of aromatic nitrogens is 2. The number of nitrogens with zero attached hydrogens (tertiary/aromatic N) is 2. The summed E-state index contributed by atoms with van der Waals surface area (Å²) in [7, 11) is 0. The van der Waals surface area contributed by atoms with Gasteiger partial charge in [0, 0.05) is 22.8 Å². The number of benzene rings is 1. The van der Waals surface area contributed by atoms with Crippen molar-refractivity contribution in [3.8, 4) is 0 Å². The smallest absolute Gasteiger partial charge is 0.196 e. The number of hydrogen-bond acceptors (Lipinski definition) is 3. The zero-order valence-corrected chi connectivity index (χ0v) is 10.8. The largest absolute Gasteiger partial charge is 0.288 e. The van der Waals surface area contributed by atoms with Gasteiger partial charge in [-0.3, -0.25) is 14.8 Å². The van der Waals surface area contributed by atoms with Crippen molar-refractivity contribution in [2.75, 3.05) is 0 Å². The number of halogens is 1. The number of pyridine rings is 2. The molecular formula is C16H11FN2O. The van der Waals surface area contributed by atoms with Crippen molar-refractivity contribution in [2.24, 2.45) is 0 Å². The lowest BCUT2D eigenvalue weighted by atomic mass is 10.0. The highest BCUT2D eigenvalue weighted by Crippen LogP contribution is 2.18. The molecule has 0 atom stereocenters. The van der Waals surface area contributed by atoms with Crippen molar-refractivity contribution in [3.63, 3.8) is 0 Å². The van der Waals surface area contributed by atoms with E-state index in [1.54, 1.807) is 18.2 Å². The number of aryl methyl sites for hydroxylation is 1. The van der Waals surface area contributed by atoms with Crippen LogP contribution in [0.1, 0.15) is 21.6 Å². The van der Waals surface area contributed by atoms with Gasteiger partial charge >= 0.3 is 0 Å². The van der Waals surface area contributed by atoms with Crippen LogP contribution < -0.4 is 0 Å². The topological polar surface area (TPSA) is 42.9 Å². The van der Waals surface area contributed by atoms with E-state index in [1.165, 1.54) is 12.3 Å². The van der Waals surface area contributed by atoms with E-state index in [0.717, 1.165) is 22.8 Å². The summed E-state index contributed by atoms with van der Waals surface area (Å²) in [5, 5.41) is 0.857. The van der Waals surface area contributed by atoms with E-state index in [9.17, 15) is 9.18 Å². The number of ketones is 1. The maximum atomic E-state index is 13.6. The molecule has 3 rings (SSSR count). The highest BCUT2D eigenvalue weighted by atomic mass is 19.1. The lowest BCUT2D eigenvalue weighted by Crippen LogP contribution is -2.04. The second kappa shape index (κ2) is 4.81. The van der Waals surface area contributed by atoms with Gasteiger partial charge in [0.25, 0.3) is 0 Å². The van der Waals surface area contributed by atoms with Gasteiger partial charge in [0.15, 0.2) is 11.6 Å². The average molecular weight is 266 g/mol. The molecule has 0 spiro atoms. The van der Waals surface area contributed by atoms with Crippen molar-refractivity contribution in [1.29, 1.82) is 0 Å². The van der Waals surface area contributed by atoms with E-state index in [0.29, 0.717) is 5.56 Å². The average Bonchev–Trinajstić information content (AvgIpc) is 2.46. The molecule has 0 aliphatic carbocycles. The first kappa shape index (κ1) is 12.4.